The SMILES string of the molecule is CO[C@H]1C(=O)Nc2ccc3c(c2[C@]1(O)c1ccccc1)O[C@](C)(CCC=C(C)C)C=C3. The summed E-state index contributed by atoms with van der Waals surface area (Å²) in [6.45, 7) is 6.21. The number of carbonyl (C=O) groups is 1. The molecule has 0 saturated carbocycles. The number of amides is 1. The van der Waals surface area contributed by atoms with Gasteiger partial charge < -0.3 is 19.9 Å². The summed E-state index contributed by atoms with van der Waals surface area (Å²) in [4.78, 5) is 12.8. The number of rotatable bonds is 5. The largest absolute Gasteiger partial charge is 0.482 e. The van der Waals surface area contributed by atoms with Gasteiger partial charge in [-0.25, -0.2) is 0 Å². The lowest BCUT2D eigenvalue weighted by Crippen LogP contribution is -2.53. The molecule has 2 N–H and O–H groups in total. The van der Waals surface area contributed by atoms with Gasteiger partial charge in [-0.1, -0.05) is 48.1 Å². The molecule has 2 aliphatic heterocycles. The average Bonchev–Trinajstić information content (AvgIpc) is 2.73. The van der Waals surface area contributed by atoms with E-state index >= 15 is 0 Å². The molecule has 2 heterocycles. The van der Waals surface area contributed by atoms with Crippen LogP contribution in [0.3, 0.4) is 0 Å². The minimum atomic E-state index is -1.69. The zero-order valence-electron chi connectivity index (χ0n) is 18.4. The maximum atomic E-state index is 12.8. The molecule has 5 nitrogen and oxygen atoms in total. The number of aliphatic hydroxyl groups is 1. The highest BCUT2D eigenvalue weighted by Crippen LogP contribution is 2.50. The first kappa shape index (κ1) is 21.3. The molecule has 0 bridgehead atoms. The number of fused-ring (bicyclic) bond motifs is 3. The van der Waals surface area contributed by atoms with Gasteiger partial charge in [0.05, 0.1) is 11.3 Å². The first-order valence-electron chi connectivity index (χ1n) is 10.6. The lowest BCUT2D eigenvalue weighted by atomic mass is 9.76. The number of allylic oxidation sites excluding steroid dienone is 2. The van der Waals surface area contributed by atoms with E-state index in [1.54, 1.807) is 12.1 Å². The molecule has 5 heteroatoms. The van der Waals surface area contributed by atoms with Crippen molar-refractivity contribution in [1.29, 1.82) is 0 Å². The predicted octanol–water partition coefficient (Wildman–Crippen LogP) is 4.80. The van der Waals surface area contributed by atoms with Crippen molar-refractivity contribution in [2.75, 3.05) is 12.4 Å². The summed E-state index contributed by atoms with van der Waals surface area (Å²) < 4.78 is 12.1. The molecule has 0 fully saturated rings. The van der Waals surface area contributed by atoms with Crippen LogP contribution in [0.4, 0.5) is 5.69 Å². The standard InChI is InChI=1S/C26H29NO4/c1-17(2)9-8-15-25(3)16-14-18-12-13-20-21(22(18)31-25)26(29,19-10-6-5-7-11-19)23(30-4)24(28)27-20/h5-7,9-14,16,23,29H,8,15H2,1-4H3,(H,27,28)/t23-,25+,26+/m0/s1. The van der Waals surface area contributed by atoms with Crippen LogP contribution in [0.5, 0.6) is 5.75 Å². The summed E-state index contributed by atoms with van der Waals surface area (Å²) in [6.07, 6.45) is 6.86. The Bertz CT molecular complexity index is 1050. The van der Waals surface area contributed by atoms with E-state index in [4.69, 9.17) is 9.47 Å². The normalized spacial score (nSPS) is 26.4. The van der Waals surface area contributed by atoms with Crippen LogP contribution in [0.1, 0.15) is 50.3 Å². The second-order valence-corrected chi connectivity index (χ2v) is 8.71. The monoisotopic (exact) mass is 419 g/mol. The fourth-order valence-corrected chi connectivity index (χ4v) is 4.42. The summed E-state index contributed by atoms with van der Waals surface area (Å²) in [7, 11) is 1.43. The lowest BCUT2D eigenvalue weighted by Gasteiger charge is -2.43. The molecule has 0 saturated heterocycles. The molecule has 4 rings (SSSR count). The lowest BCUT2D eigenvalue weighted by molar-refractivity contribution is -0.142. The van der Waals surface area contributed by atoms with Crippen LogP contribution in [0.15, 0.2) is 60.2 Å². The number of hydrogen-bond acceptors (Lipinski definition) is 4. The van der Waals surface area contributed by atoms with Crippen LogP contribution in [-0.4, -0.2) is 29.8 Å². The van der Waals surface area contributed by atoms with E-state index in [-0.39, 0.29) is 5.91 Å². The van der Waals surface area contributed by atoms with Gasteiger partial charge in [0.2, 0.25) is 0 Å². The zero-order chi connectivity index (χ0) is 22.2. The summed E-state index contributed by atoms with van der Waals surface area (Å²) >= 11 is 0. The molecular formula is C26H29NO4. The van der Waals surface area contributed by atoms with Gasteiger partial charge in [-0.3, -0.25) is 4.79 Å². The van der Waals surface area contributed by atoms with Gasteiger partial charge in [0.25, 0.3) is 5.91 Å². The van der Waals surface area contributed by atoms with Gasteiger partial charge in [-0.05, 0) is 57.4 Å². The van der Waals surface area contributed by atoms with Crippen LogP contribution in [0.2, 0.25) is 0 Å². The van der Waals surface area contributed by atoms with E-state index in [9.17, 15) is 9.90 Å². The summed E-state index contributed by atoms with van der Waals surface area (Å²) in [5, 5.41) is 15.0. The number of hydrogen-bond donors (Lipinski definition) is 2. The predicted molar refractivity (Wildman–Crippen MR) is 122 cm³/mol. The molecule has 0 aliphatic carbocycles. The highest BCUT2D eigenvalue weighted by molar-refractivity contribution is 6.00. The Morgan fingerprint density at radius 1 is 1.23 bits per heavy atom. The molecule has 2 aliphatic rings. The maximum absolute atomic E-state index is 12.8. The number of anilines is 1. The van der Waals surface area contributed by atoms with E-state index in [2.05, 4.69) is 31.3 Å². The van der Waals surface area contributed by atoms with Crippen molar-refractivity contribution in [2.24, 2.45) is 0 Å². The Labute approximate surface area is 183 Å². The molecule has 2 aromatic rings. The van der Waals surface area contributed by atoms with Crippen LogP contribution < -0.4 is 10.1 Å². The zero-order valence-corrected chi connectivity index (χ0v) is 18.4. The van der Waals surface area contributed by atoms with Crippen LogP contribution >= 0.6 is 0 Å². The number of carbonyl (C=O) groups excluding carboxylic acids is 1. The minimum absolute atomic E-state index is 0.390. The molecule has 0 spiro atoms. The van der Waals surface area contributed by atoms with Crippen molar-refractivity contribution in [3.8, 4) is 5.75 Å². The quantitative estimate of drug-likeness (QED) is 0.683. The number of nitrogens with one attached hydrogen (secondary N) is 1. The first-order valence-corrected chi connectivity index (χ1v) is 10.6. The Balaban J connectivity index is 1.87. The second-order valence-electron chi connectivity index (χ2n) is 8.71. The van der Waals surface area contributed by atoms with Gasteiger partial charge in [0.15, 0.2) is 11.7 Å². The van der Waals surface area contributed by atoms with Crippen molar-refractivity contribution in [2.45, 2.75) is 50.9 Å². The molecule has 1 amide bonds. The van der Waals surface area contributed by atoms with E-state index in [1.807, 2.05) is 43.3 Å². The third kappa shape index (κ3) is 3.68. The van der Waals surface area contributed by atoms with Crippen molar-refractivity contribution >= 4 is 17.7 Å². The van der Waals surface area contributed by atoms with Gasteiger partial charge >= 0.3 is 0 Å². The van der Waals surface area contributed by atoms with Crippen LogP contribution in [0.25, 0.3) is 6.08 Å². The van der Waals surface area contributed by atoms with Crippen molar-refractivity contribution in [3.63, 3.8) is 0 Å². The van der Waals surface area contributed by atoms with Gasteiger partial charge in [0, 0.05) is 12.7 Å². The Kier molecular flexibility index (Phi) is 5.50. The average molecular weight is 420 g/mol. The molecular weight excluding hydrogens is 390 g/mol. The number of ether oxygens (including phenoxy) is 2. The number of methoxy groups -OCH3 is 1. The Morgan fingerprint density at radius 3 is 2.65 bits per heavy atom. The highest BCUT2D eigenvalue weighted by Gasteiger charge is 2.52. The molecule has 0 unspecified atom stereocenters. The molecule has 3 atom stereocenters. The first-order chi connectivity index (χ1) is 14.8. The smallest absolute Gasteiger partial charge is 0.257 e. The highest BCUT2D eigenvalue weighted by atomic mass is 16.5. The fraction of sp³-hybridized carbons (Fsp3) is 0.346. The minimum Gasteiger partial charge on any atom is -0.482 e. The molecule has 0 radical (unpaired) electrons. The maximum Gasteiger partial charge on any atom is 0.257 e. The summed E-state index contributed by atoms with van der Waals surface area (Å²) in [6, 6.07) is 12.9. The molecule has 2 aromatic carbocycles. The van der Waals surface area contributed by atoms with Crippen LogP contribution in [-0.2, 0) is 15.1 Å². The van der Waals surface area contributed by atoms with E-state index in [1.165, 1.54) is 12.7 Å². The van der Waals surface area contributed by atoms with E-state index in [0.29, 0.717) is 22.6 Å². The fourth-order valence-electron chi connectivity index (χ4n) is 4.42. The van der Waals surface area contributed by atoms with Crippen molar-refractivity contribution < 1.29 is 19.4 Å². The van der Waals surface area contributed by atoms with Gasteiger partial charge in [-0.15, -0.1) is 0 Å². The Morgan fingerprint density at radius 2 is 1.97 bits per heavy atom. The van der Waals surface area contributed by atoms with Crippen molar-refractivity contribution in [1.82, 2.24) is 0 Å². The van der Waals surface area contributed by atoms with Crippen LogP contribution in [0, 0.1) is 0 Å². The molecule has 0 aromatic heterocycles. The van der Waals surface area contributed by atoms with Gasteiger partial charge in [-0.2, -0.15) is 0 Å². The third-order valence-electron chi connectivity index (χ3n) is 6.04. The Hall–Kier alpha value is -2.89. The molecule has 162 valence electrons. The van der Waals surface area contributed by atoms with Gasteiger partial charge in [0.1, 0.15) is 11.4 Å². The topological polar surface area (TPSA) is 67.8 Å². The third-order valence-corrected chi connectivity index (χ3v) is 6.04. The molecule has 31 heavy (non-hydrogen) atoms. The second kappa shape index (κ2) is 7.98. The van der Waals surface area contributed by atoms with Crippen molar-refractivity contribution in [3.05, 3.63) is 76.9 Å². The summed E-state index contributed by atoms with van der Waals surface area (Å²) in [5.41, 5.74) is 1.55. The van der Waals surface area contributed by atoms with E-state index < -0.39 is 17.3 Å². The van der Waals surface area contributed by atoms with E-state index in [0.717, 1.165) is 18.4 Å². The summed E-state index contributed by atoms with van der Waals surface area (Å²) in [5.74, 6) is 0.187. The number of benzene rings is 2.